The number of benzene rings is 1. The molecule has 10 heteroatoms. The summed E-state index contributed by atoms with van der Waals surface area (Å²) in [5.41, 5.74) is 1.84. The molecule has 1 unspecified atom stereocenters. The predicted octanol–water partition coefficient (Wildman–Crippen LogP) is 3.55. The van der Waals surface area contributed by atoms with E-state index in [1.807, 2.05) is 24.3 Å². The molecule has 0 aromatic heterocycles. The lowest BCUT2D eigenvalue weighted by molar-refractivity contribution is -0.00487. The number of nitrogens with one attached hydrogen (secondary N) is 2. The van der Waals surface area contributed by atoms with Crippen molar-refractivity contribution in [1.82, 2.24) is 15.5 Å². The van der Waals surface area contributed by atoms with Crippen molar-refractivity contribution in [3.05, 3.63) is 52.7 Å². The monoisotopic (exact) mass is 525 g/mol. The fourth-order valence-corrected chi connectivity index (χ4v) is 3.96. The van der Waals surface area contributed by atoms with Gasteiger partial charge in [-0.05, 0) is 74.4 Å². The van der Waals surface area contributed by atoms with Gasteiger partial charge in [0.05, 0.1) is 30.2 Å². The highest BCUT2D eigenvalue weighted by Crippen LogP contribution is 2.28. The molecule has 2 aliphatic rings. The number of fused-ring (bicyclic) bond motifs is 1. The molecule has 3 rings (SSSR count). The third-order valence-corrected chi connectivity index (χ3v) is 5.99. The van der Waals surface area contributed by atoms with Crippen LogP contribution < -0.4 is 15.4 Å². The number of ether oxygens (including phenoxy) is 2. The third kappa shape index (κ3) is 8.72. The number of hydrogen-bond acceptors (Lipinski definition) is 8. The van der Waals surface area contributed by atoms with Gasteiger partial charge in [0.1, 0.15) is 18.5 Å². The molecule has 2 heterocycles. The van der Waals surface area contributed by atoms with Gasteiger partial charge in [0.2, 0.25) is 0 Å². The van der Waals surface area contributed by atoms with Gasteiger partial charge in [-0.25, -0.2) is 4.79 Å². The van der Waals surface area contributed by atoms with Crippen LogP contribution in [0.1, 0.15) is 62.0 Å². The number of nitrogens with zero attached hydrogens (tertiary/aromatic N) is 3. The molecular formula is C28H39N5O5. The zero-order chi connectivity index (χ0) is 27.7. The van der Waals surface area contributed by atoms with E-state index in [1.54, 1.807) is 37.2 Å². The van der Waals surface area contributed by atoms with E-state index in [2.05, 4.69) is 34.7 Å². The minimum Gasteiger partial charge on any atom is -0.496 e. The number of hydrogen-bond donors (Lipinski definition) is 3. The fraction of sp³-hybridized carbons (Fsp3) is 0.500. The number of carbonyl (C=O) groups excluding carboxylic acids is 2. The van der Waals surface area contributed by atoms with Gasteiger partial charge in [-0.3, -0.25) is 4.79 Å². The molecule has 0 saturated heterocycles. The van der Waals surface area contributed by atoms with Gasteiger partial charge in [0.15, 0.2) is 0 Å². The molecule has 1 aromatic rings. The summed E-state index contributed by atoms with van der Waals surface area (Å²) in [4.78, 5) is 27.3. The van der Waals surface area contributed by atoms with Crippen molar-refractivity contribution in [3.8, 4) is 5.75 Å². The second kappa shape index (κ2) is 13.2. The smallest absolute Gasteiger partial charge is 0.410 e. The van der Waals surface area contributed by atoms with Crippen LogP contribution in [0.4, 0.5) is 4.79 Å². The Balaban J connectivity index is 1.63. The van der Waals surface area contributed by atoms with Crippen LogP contribution in [0.25, 0.3) is 0 Å². The summed E-state index contributed by atoms with van der Waals surface area (Å²) in [5, 5.41) is 24.1. The summed E-state index contributed by atoms with van der Waals surface area (Å²) >= 11 is 0. The van der Waals surface area contributed by atoms with Crippen molar-refractivity contribution in [2.24, 2.45) is 16.1 Å². The van der Waals surface area contributed by atoms with Crippen LogP contribution in [-0.2, 0) is 17.7 Å². The number of carbonyl (C=O) groups is 2. The molecule has 0 bridgehead atoms. The van der Waals surface area contributed by atoms with E-state index in [4.69, 9.17) is 9.47 Å². The van der Waals surface area contributed by atoms with Crippen LogP contribution in [0.15, 0.2) is 46.3 Å². The summed E-state index contributed by atoms with van der Waals surface area (Å²) in [6.07, 6.45) is 10.5. The average molecular weight is 526 g/mol. The Hall–Kier alpha value is -3.66. The van der Waals surface area contributed by atoms with Crippen LogP contribution in [-0.4, -0.2) is 66.5 Å². The molecule has 0 aliphatic carbocycles. The second-order valence-corrected chi connectivity index (χ2v) is 10.5. The van der Waals surface area contributed by atoms with Crippen molar-refractivity contribution >= 4 is 24.4 Å². The maximum atomic E-state index is 13.2. The number of aliphatic hydroxyl groups is 1. The van der Waals surface area contributed by atoms with E-state index in [9.17, 15) is 14.7 Å². The first-order valence-electron chi connectivity index (χ1n) is 12.9. The summed E-state index contributed by atoms with van der Waals surface area (Å²) in [7, 11) is 1.53. The zero-order valence-electron chi connectivity index (χ0n) is 22.9. The molecule has 0 fully saturated rings. The molecule has 38 heavy (non-hydrogen) atoms. The summed E-state index contributed by atoms with van der Waals surface area (Å²) in [5.74, 6) is 0.766. The van der Waals surface area contributed by atoms with Crippen LogP contribution in [0.2, 0.25) is 0 Å². The largest absolute Gasteiger partial charge is 0.496 e. The van der Waals surface area contributed by atoms with Gasteiger partial charge in [-0.15, -0.1) is 0 Å². The quantitative estimate of drug-likeness (QED) is 0.317. The number of dihydropyridines is 1. The summed E-state index contributed by atoms with van der Waals surface area (Å²) < 4.78 is 10.8. The highest BCUT2D eigenvalue weighted by atomic mass is 16.6. The first-order valence-corrected chi connectivity index (χ1v) is 12.9. The number of amides is 2. The SMILES string of the molecule is COc1cc2c(cc1C(=O)NC1C=CC=C(/C=N/N=C/CCC(C)C)N1)CN(C(=O)OCC(C)(C)O)CC2. The molecule has 3 N–H and O–H groups in total. The van der Waals surface area contributed by atoms with E-state index in [0.29, 0.717) is 36.7 Å². The Morgan fingerprint density at radius 3 is 2.79 bits per heavy atom. The minimum atomic E-state index is -1.11. The Morgan fingerprint density at radius 2 is 2.08 bits per heavy atom. The Morgan fingerprint density at radius 1 is 1.29 bits per heavy atom. The van der Waals surface area contributed by atoms with Crippen LogP contribution in [0, 0.1) is 5.92 Å². The molecule has 1 aromatic carbocycles. The van der Waals surface area contributed by atoms with Gasteiger partial charge in [-0.1, -0.05) is 19.9 Å². The lowest BCUT2D eigenvalue weighted by atomic mass is 9.96. The predicted molar refractivity (Wildman–Crippen MR) is 147 cm³/mol. The maximum absolute atomic E-state index is 13.2. The normalized spacial score (nSPS) is 17.4. The molecular weight excluding hydrogens is 486 g/mol. The Bertz CT molecular complexity index is 1120. The van der Waals surface area contributed by atoms with Crippen molar-refractivity contribution in [1.29, 1.82) is 0 Å². The van der Waals surface area contributed by atoms with E-state index in [-0.39, 0.29) is 12.5 Å². The lowest BCUT2D eigenvalue weighted by Gasteiger charge is -2.30. The Kier molecular flexibility index (Phi) is 10.1. The number of rotatable bonds is 10. The summed E-state index contributed by atoms with van der Waals surface area (Å²) in [6.45, 7) is 8.16. The molecule has 0 saturated carbocycles. The van der Waals surface area contributed by atoms with Crippen molar-refractivity contribution in [2.75, 3.05) is 20.3 Å². The van der Waals surface area contributed by atoms with Crippen molar-refractivity contribution in [2.45, 2.75) is 65.3 Å². The van der Waals surface area contributed by atoms with Crippen LogP contribution >= 0.6 is 0 Å². The maximum Gasteiger partial charge on any atom is 0.410 e. The fourth-order valence-electron chi connectivity index (χ4n) is 3.96. The molecule has 1 atom stereocenters. The first-order chi connectivity index (χ1) is 18.1. The average Bonchev–Trinajstić information content (AvgIpc) is 2.87. The van der Waals surface area contributed by atoms with E-state index in [0.717, 1.165) is 29.7 Å². The van der Waals surface area contributed by atoms with Gasteiger partial charge >= 0.3 is 6.09 Å². The van der Waals surface area contributed by atoms with Gasteiger partial charge < -0.3 is 30.1 Å². The van der Waals surface area contributed by atoms with E-state index >= 15 is 0 Å². The minimum absolute atomic E-state index is 0.0982. The summed E-state index contributed by atoms with van der Waals surface area (Å²) in [6, 6.07) is 3.61. The molecule has 10 nitrogen and oxygen atoms in total. The highest BCUT2D eigenvalue weighted by molar-refractivity contribution is 5.97. The molecule has 0 spiro atoms. The van der Waals surface area contributed by atoms with Crippen molar-refractivity contribution < 1.29 is 24.2 Å². The highest BCUT2D eigenvalue weighted by Gasteiger charge is 2.27. The van der Waals surface area contributed by atoms with E-state index in [1.165, 1.54) is 7.11 Å². The lowest BCUT2D eigenvalue weighted by Crippen LogP contribution is -2.45. The van der Waals surface area contributed by atoms with Gasteiger partial charge in [-0.2, -0.15) is 10.2 Å². The molecule has 2 amide bonds. The Labute approximate surface area is 224 Å². The molecule has 206 valence electrons. The molecule has 2 aliphatic heterocycles. The van der Waals surface area contributed by atoms with E-state index < -0.39 is 17.9 Å². The third-order valence-electron chi connectivity index (χ3n) is 5.99. The zero-order valence-corrected chi connectivity index (χ0v) is 22.9. The van der Waals surface area contributed by atoms with Gasteiger partial charge in [0, 0.05) is 19.3 Å². The molecule has 0 radical (unpaired) electrons. The van der Waals surface area contributed by atoms with Crippen molar-refractivity contribution in [3.63, 3.8) is 0 Å². The van der Waals surface area contributed by atoms with Crippen LogP contribution in [0.3, 0.4) is 0 Å². The number of allylic oxidation sites excluding steroid dienone is 3. The first kappa shape index (κ1) is 28.9. The van der Waals surface area contributed by atoms with Crippen LogP contribution in [0.5, 0.6) is 5.75 Å². The van der Waals surface area contributed by atoms with Gasteiger partial charge in [0.25, 0.3) is 5.91 Å². The standard InChI is InChI=1S/C28H39N5O5/c1-19(2)8-7-12-29-30-16-22-9-6-10-25(31-22)32-26(34)23-14-21-17-33(27(35)38-18-28(3,4)36)13-11-20(21)15-24(23)37-5/h6,9-10,12,14-16,19,25,31,36H,7-8,11,13,17-18H2,1-5H3,(H,32,34)/b29-12+,30-16+. The topological polar surface area (TPSA) is 125 Å². The number of methoxy groups -OCH3 is 1. The second-order valence-electron chi connectivity index (χ2n) is 10.5.